The highest BCUT2D eigenvalue weighted by Gasteiger charge is 2.13. The summed E-state index contributed by atoms with van der Waals surface area (Å²) in [5.41, 5.74) is 3.58. The summed E-state index contributed by atoms with van der Waals surface area (Å²) in [6.45, 7) is 3.02. The molecule has 3 rings (SSSR count). The maximum absolute atomic E-state index is 11.9. The molecule has 2 aromatic carbocycles. The first-order valence-electron chi connectivity index (χ1n) is 7.91. The molecule has 0 fully saturated rings. The summed E-state index contributed by atoms with van der Waals surface area (Å²) in [6, 6.07) is 14.2. The minimum absolute atomic E-state index is 0.0790. The van der Waals surface area contributed by atoms with Crippen LogP contribution in [0, 0.1) is 6.92 Å². The molecular formula is C19H21NO3. The zero-order valence-electron chi connectivity index (χ0n) is 13.3. The molecule has 0 radical (unpaired) electrons. The number of hydrogen-bond acceptors (Lipinski definition) is 3. The van der Waals surface area contributed by atoms with Crippen LogP contribution in [0.2, 0.25) is 0 Å². The fourth-order valence-electron chi connectivity index (χ4n) is 2.66. The molecule has 1 amide bonds. The van der Waals surface area contributed by atoms with Gasteiger partial charge < -0.3 is 14.8 Å². The van der Waals surface area contributed by atoms with Crippen molar-refractivity contribution in [1.29, 1.82) is 0 Å². The molecule has 2 aromatic rings. The van der Waals surface area contributed by atoms with Gasteiger partial charge in [-0.1, -0.05) is 35.9 Å². The number of carbonyl (C=O) groups is 1. The molecule has 0 aromatic heterocycles. The fourth-order valence-corrected chi connectivity index (χ4v) is 2.66. The molecule has 1 aliphatic rings. The van der Waals surface area contributed by atoms with Gasteiger partial charge in [0, 0.05) is 13.0 Å². The number of carbonyl (C=O) groups excluding carboxylic acids is 1. The van der Waals surface area contributed by atoms with Gasteiger partial charge in [0.05, 0.1) is 0 Å². The molecule has 0 unspecified atom stereocenters. The number of nitrogens with one attached hydrogen (secondary N) is 1. The second kappa shape index (κ2) is 7.18. The lowest BCUT2D eigenvalue weighted by Crippen LogP contribution is -2.25. The molecule has 4 nitrogen and oxygen atoms in total. The van der Waals surface area contributed by atoms with E-state index in [0.29, 0.717) is 19.4 Å². The van der Waals surface area contributed by atoms with E-state index in [0.717, 1.165) is 23.5 Å². The highest BCUT2D eigenvalue weighted by atomic mass is 16.7. The van der Waals surface area contributed by atoms with Gasteiger partial charge in [-0.2, -0.15) is 0 Å². The lowest BCUT2D eigenvalue weighted by Gasteiger charge is -2.07. The Bertz CT molecular complexity index is 697. The minimum atomic E-state index is 0.0790. The van der Waals surface area contributed by atoms with Gasteiger partial charge in [0.25, 0.3) is 0 Å². The summed E-state index contributed by atoms with van der Waals surface area (Å²) in [5.74, 6) is 1.62. The van der Waals surface area contributed by atoms with Crippen molar-refractivity contribution < 1.29 is 14.3 Å². The van der Waals surface area contributed by atoms with Crippen molar-refractivity contribution in [3.63, 3.8) is 0 Å². The standard InChI is InChI=1S/C19H21NO3/c1-14-3-2-4-15(11-14)9-10-20-19(21)8-6-16-5-7-17-18(12-16)23-13-22-17/h2-5,7,11-12H,6,8-10,13H2,1H3,(H,20,21). The van der Waals surface area contributed by atoms with Gasteiger partial charge in [0.1, 0.15) is 0 Å². The van der Waals surface area contributed by atoms with E-state index in [1.54, 1.807) is 0 Å². The monoisotopic (exact) mass is 311 g/mol. The van der Waals surface area contributed by atoms with Crippen molar-refractivity contribution in [3.05, 3.63) is 59.2 Å². The summed E-state index contributed by atoms with van der Waals surface area (Å²) in [5, 5.41) is 2.98. The molecule has 120 valence electrons. The first kappa shape index (κ1) is 15.4. The second-order valence-corrected chi connectivity index (χ2v) is 5.78. The normalized spacial score (nSPS) is 12.2. The molecule has 23 heavy (non-hydrogen) atoms. The average Bonchev–Trinajstić information content (AvgIpc) is 3.00. The number of fused-ring (bicyclic) bond motifs is 1. The lowest BCUT2D eigenvalue weighted by molar-refractivity contribution is -0.121. The number of aryl methyl sites for hydroxylation is 2. The molecule has 4 heteroatoms. The Morgan fingerprint density at radius 3 is 2.74 bits per heavy atom. The van der Waals surface area contributed by atoms with Crippen molar-refractivity contribution in [2.24, 2.45) is 0 Å². The van der Waals surface area contributed by atoms with Gasteiger partial charge in [-0.15, -0.1) is 0 Å². The Kier molecular flexibility index (Phi) is 4.81. The third-order valence-electron chi connectivity index (χ3n) is 3.90. The van der Waals surface area contributed by atoms with Crippen LogP contribution in [0.25, 0.3) is 0 Å². The van der Waals surface area contributed by atoms with Crippen LogP contribution in [-0.2, 0) is 17.6 Å². The molecule has 1 heterocycles. The van der Waals surface area contributed by atoms with E-state index in [4.69, 9.17) is 9.47 Å². The van der Waals surface area contributed by atoms with Gasteiger partial charge in [-0.3, -0.25) is 4.79 Å². The van der Waals surface area contributed by atoms with E-state index >= 15 is 0 Å². The zero-order chi connectivity index (χ0) is 16.1. The third kappa shape index (κ3) is 4.25. The molecule has 1 N–H and O–H groups in total. The highest BCUT2D eigenvalue weighted by Crippen LogP contribution is 2.32. The smallest absolute Gasteiger partial charge is 0.231 e. The van der Waals surface area contributed by atoms with Crippen molar-refractivity contribution in [1.82, 2.24) is 5.32 Å². The van der Waals surface area contributed by atoms with Gasteiger partial charge in [-0.05, 0) is 43.0 Å². The SMILES string of the molecule is Cc1cccc(CCNC(=O)CCc2ccc3c(c2)OCO3)c1. The second-order valence-electron chi connectivity index (χ2n) is 5.78. The summed E-state index contributed by atoms with van der Waals surface area (Å²) in [7, 11) is 0. The van der Waals surface area contributed by atoms with Gasteiger partial charge in [0.2, 0.25) is 12.7 Å². The Balaban J connectivity index is 1.41. The Morgan fingerprint density at radius 1 is 1.04 bits per heavy atom. The van der Waals surface area contributed by atoms with E-state index in [2.05, 4.69) is 30.4 Å². The van der Waals surface area contributed by atoms with Crippen molar-refractivity contribution >= 4 is 5.91 Å². The van der Waals surface area contributed by atoms with Crippen LogP contribution in [-0.4, -0.2) is 19.2 Å². The molecular weight excluding hydrogens is 290 g/mol. The van der Waals surface area contributed by atoms with Crippen LogP contribution in [0.4, 0.5) is 0 Å². The predicted molar refractivity (Wildman–Crippen MR) is 88.8 cm³/mol. The molecule has 1 aliphatic heterocycles. The van der Waals surface area contributed by atoms with Crippen LogP contribution in [0.3, 0.4) is 0 Å². The minimum Gasteiger partial charge on any atom is -0.454 e. The number of benzene rings is 2. The zero-order valence-corrected chi connectivity index (χ0v) is 13.3. The third-order valence-corrected chi connectivity index (χ3v) is 3.90. The maximum Gasteiger partial charge on any atom is 0.231 e. The quantitative estimate of drug-likeness (QED) is 0.892. The number of ether oxygens (including phenoxy) is 2. The van der Waals surface area contributed by atoms with Crippen molar-refractivity contribution in [2.45, 2.75) is 26.2 Å². The van der Waals surface area contributed by atoms with Crippen LogP contribution >= 0.6 is 0 Å². The first-order chi connectivity index (χ1) is 11.2. The molecule has 0 aliphatic carbocycles. The summed E-state index contributed by atoms with van der Waals surface area (Å²) in [4.78, 5) is 11.9. The van der Waals surface area contributed by atoms with Crippen LogP contribution in [0.15, 0.2) is 42.5 Å². The first-order valence-corrected chi connectivity index (χ1v) is 7.91. The van der Waals surface area contributed by atoms with Crippen LogP contribution in [0.1, 0.15) is 23.1 Å². The largest absolute Gasteiger partial charge is 0.454 e. The Labute approximate surface area is 136 Å². The molecule has 0 atom stereocenters. The van der Waals surface area contributed by atoms with E-state index < -0.39 is 0 Å². The van der Waals surface area contributed by atoms with Gasteiger partial charge in [-0.25, -0.2) is 0 Å². The average molecular weight is 311 g/mol. The van der Waals surface area contributed by atoms with E-state index in [1.165, 1.54) is 11.1 Å². The summed E-state index contributed by atoms with van der Waals surface area (Å²) in [6.07, 6.45) is 2.04. The molecule has 0 saturated carbocycles. The van der Waals surface area contributed by atoms with Crippen LogP contribution < -0.4 is 14.8 Å². The van der Waals surface area contributed by atoms with Crippen molar-refractivity contribution in [2.75, 3.05) is 13.3 Å². The summed E-state index contributed by atoms with van der Waals surface area (Å²) >= 11 is 0. The molecule has 0 bridgehead atoms. The van der Waals surface area contributed by atoms with E-state index in [9.17, 15) is 4.79 Å². The molecule has 0 saturated heterocycles. The van der Waals surface area contributed by atoms with E-state index in [1.807, 2.05) is 24.3 Å². The van der Waals surface area contributed by atoms with Gasteiger partial charge in [0.15, 0.2) is 11.5 Å². The van der Waals surface area contributed by atoms with E-state index in [-0.39, 0.29) is 12.7 Å². The fraction of sp³-hybridized carbons (Fsp3) is 0.316. The topological polar surface area (TPSA) is 47.6 Å². The summed E-state index contributed by atoms with van der Waals surface area (Å²) < 4.78 is 10.6. The Morgan fingerprint density at radius 2 is 1.87 bits per heavy atom. The number of hydrogen-bond donors (Lipinski definition) is 1. The van der Waals surface area contributed by atoms with Crippen LogP contribution in [0.5, 0.6) is 11.5 Å². The lowest BCUT2D eigenvalue weighted by atomic mass is 10.1. The number of rotatable bonds is 6. The highest BCUT2D eigenvalue weighted by molar-refractivity contribution is 5.76. The number of amides is 1. The maximum atomic E-state index is 11.9. The molecule has 0 spiro atoms. The predicted octanol–water partition coefficient (Wildman–Crippen LogP) is 3.02. The van der Waals surface area contributed by atoms with Gasteiger partial charge >= 0.3 is 0 Å². The Hall–Kier alpha value is -2.49. The van der Waals surface area contributed by atoms with Crippen molar-refractivity contribution in [3.8, 4) is 11.5 Å².